The van der Waals surface area contributed by atoms with E-state index in [9.17, 15) is 9.18 Å². The molecule has 3 aromatic rings. The largest absolute Gasteiger partial charge is 0.287 e. The fourth-order valence-corrected chi connectivity index (χ4v) is 3.70. The van der Waals surface area contributed by atoms with E-state index in [-0.39, 0.29) is 11.4 Å². The van der Waals surface area contributed by atoms with Crippen LogP contribution in [0.25, 0.3) is 10.9 Å². The highest BCUT2D eigenvalue weighted by Gasteiger charge is 2.11. The van der Waals surface area contributed by atoms with Crippen molar-refractivity contribution in [1.82, 2.24) is 9.55 Å². The van der Waals surface area contributed by atoms with Gasteiger partial charge in [0.05, 0.1) is 10.9 Å². The van der Waals surface area contributed by atoms with E-state index in [1.807, 2.05) is 25.1 Å². The second-order valence-corrected chi connectivity index (χ2v) is 6.88. The van der Waals surface area contributed by atoms with E-state index < -0.39 is 0 Å². The fourth-order valence-electron chi connectivity index (χ4n) is 2.34. The van der Waals surface area contributed by atoms with Gasteiger partial charge in [-0.05, 0) is 42.8 Å². The topological polar surface area (TPSA) is 34.9 Å². The van der Waals surface area contributed by atoms with Crippen LogP contribution in [0.2, 0.25) is 0 Å². The van der Waals surface area contributed by atoms with E-state index in [1.165, 1.54) is 23.9 Å². The highest BCUT2D eigenvalue weighted by molar-refractivity contribution is 9.10. The molecule has 0 atom stereocenters. The Balaban J connectivity index is 2.00. The minimum atomic E-state index is -0.257. The predicted molar refractivity (Wildman–Crippen MR) is 95.3 cm³/mol. The Hall–Kier alpha value is -1.66. The molecule has 0 saturated heterocycles. The summed E-state index contributed by atoms with van der Waals surface area (Å²) in [6.07, 6.45) is 0. The third-order valence-corrected chi connectivity index (χ3v) is 5.00. The average Bonchev–Trinajstić information content (AvgIpc) is 2.54. The Bertz CT molecular complexity index is 926. The standard InChI is InChI=1S/C17H14BrFN2OS/c1-2-21-16(22)14-9-12(18)6-7-15(14)20-17(21)23-10-11-4-3-5-13(19)8-11/h3-9H,2,10H2,1H3. The van der Waals surface area contributed by atoms with Gasteiger partial charge in [-0.25, -0.2) is 9.37 Å². The van der Waals surface area contributed by atoms with Crippen LogP contribution in [0.5, 0.6) is 0 Å². The van der Waals surface area contributed by atoms with Crippen molar-refractivity contribution in [2.24, 2.45) is 0 Å². The summed E-state index contributed by atoms with van der Waals surface area (Å²) in [5, 5.41) is 1.24. The molecule has 3 rings (SSSR count). The molecule has 0 spiro atoms. The molecular formula is C17H14BrFN2OS. The summed E-state index contributed by atoms with van der Waals surface area (Å²) < 4.78 is 15.8. The lowest BCUT2D eigenvalue weighted by molar-refractivity contribution is 0.626. The molecule has 1 aromatic heterocycles. The summed E-state index contributed by atoms with van der Waals surface area (Å²) >= 11 is 4.82. The number of rotatable bonds is 4. The SMILES string of the molecule is CCn1c(SCc2cccc(F)c2)nc2ccc(Br)cc2c1=O. The number of nitrogens with zero attached hydrogens (tertiary/aromatic N) is 2. The first-order chi connectivity index (χ1) is 11.1. The molecular weight excluding hydrogens is 379 g/mol. The molecule has 0 radical (unpaired) electrons. The number of halogens is 2. The summed E-state index contributed by atoms with van der Waals surface area (Å²) in [5.74, 6) is 0.305. The first kappa shape index (κ1) is 16.2. The zero-order valence-corrected chi connectivity index (χ0v) is 14.8. The molecule has 0 aliphatic heterocycles. The average molecular weight is 393 g/mol. The van der Waals surface area contributed by atoms with Gasteiger partial charge in [0.2, 0.25) is 0 Å². The quantitative estimate of drug-likeness (QED) is 0.480. The summed E-state index contributed by atoms with van der Waals surface area (Å²) in [6.45, 7) is 2.46. The van der Waals surface area contributed by atoms with Crippen molar-refractivity contribution < 1.29 is 4.39 Å². The van der Waals surface area contributed by atoms with Crippen LogP contribution in [0.1, 0.15) is 12.5 Å². The number of aromatic nitrogens is 2. The highest BCUT2D eigenvalue weighted by atomic mass is 79.9. The summed E-state index contributed by atoms with van der Waals surface area (Å²) in [5.41, 5.74) is 1.48. The van der Waals surface area contributed by atoms with E-state index in [2.05, 4.69) is 20.9 Å². The molecule has 0 bridgehead atoms. The lowest BCUT2D eigenvalue weighted by Crippen LogP contribution is -2.22. The molecule has 0 N–H and O–H groups in total. The van der Waals surface area contributed by atoms with Crippen LogP contribution >= 0.6 is 27.7 Å². The maximum absolute atomic E-state index is 13.3. The Morgan fingerprint density at radius 1 is 1.26 bits per heavy atom. The summed E-state index contributed by atoms with van der Waals surface area (Å²) in [4.78, 5) is 17.2. The predicted octanol–water partition coefficient (Wildman–Crippen LogP) is 4.61. The number of fused-ring (bicyclic) bond motifs is 1. The first-order valence-electron chi connectivity index (χ1n) is 7.16. The third kappa shape index (κ3) is 3.48. The van der Waals surface area contributed by atoms with Gasteiger partial charge in [-0.3, -0.25) is 9.36 Å². The smallest absolute Gasteiger partial charge is 0.262 e. The molecule has 2 aromatic carbocycles. The lowest BCUT2D eigenvalue weighted by atomic mass is 10.2. The first-order valence-corrected chi connectivity index (χ1v) is 8.93. The van der Waals surface area contributed by atoms with Crippen LogP contribution < -0.4 is 5.56 Å². The van der Waals surface area contributed by atoms with E-state index >= 15 is 0 Å². The normalized spacial score (nSPS) is 11.1. The van der Waals surface area contributed by atoms with Crippen LogP contribution in [0.4, 0.5) is 4.39 Å². The molecule has 0 aliphatic rings. The van der Waals surface area contributed by atoms with Gasteiger partial charge >= 0.3 is 0 Å². The number of benzene rings is 2. The number of hydrogen-bond donors (Lipinski definition) is 0. The van der Waals surface area contributed by atoms with Gasteiger partial charge in [0, 0.05) is 16.8 Å². The summed E-state index contributed by atoms with van der Waals surface area (Å²) in [7, 11) is 0. The molecule has 6 heteroatoms. The molecule has 118 valence electrons. The van der Waals surface area contributed by atoms with Crippen molar-refractivity contribution in [3.63, 3.8) is 0 Å². The maximum atomic E-state index is 13.3. The number of hydrogen-bond acceptors (Lipinski definition) is 3. The Morgan fingerprint density at radius 2 is 2.09 bits per heavy atom. The van der Waals surface area contributed by atoms with Crippen molar-refractivity contribution in [3.8, 4) is 0 Å². The third-order valence-electron chi connectivity index (χ3n) is 3.45. The van der Waals surface area contributed by atoms with E-state index in [4.69, 9.17) is 0 Å². The zero-order chi connectivity index (χ0) is 16.4. The molecule has 0 unspecified atom stereocenters. The van der Waals surface area contributed by atoms with Gasteiger partial charge < -0.3 is 0 Å². The molecule has 0 fully saturated rings. The van der Waals surface area contributed by atoms with Gasteiger partial charge in [0.15, 0.2) is 5.16 Å². The Morgan fingerprint density at radius 3 is 2.83 bits per heavy atom. The van der Waals surface area contributed by atoms with Gasteiger partial charge in [0.1, 0.15) is 5.82 Å². The molecule has 0 amide bonds. The van der Waals surface area contributed by atoms with Crippen molar-refractivity contribution in [3.05, 3.63) is 68.7 Å². The van der Waals surface area contributed by atoms with Gasteiger partial charge in [-0.15, -0.1) is 0 Å². The number of thioether (sulfide) groups is 1. The van der Waals surface area contributed by atoms with Crippen LogP contribution in [-0.4, -0.2) is 9.55 Å². The molecule has 1 heterocycles. The van der Waals surface area contributed by atoms with Crippen molar-refractivity contribution in [2.75, 3.05) is 0 Å². The monoisotopic (exact) mass is 392 g/mol. The fraction of sp³-hybridized carbons (Fsp3) is 0.176. The van der Waals surface area contributed by atoms with Gasteiger partial charge in [0.25, 0.3) is 5.56 Å². The van der Waals surface area contributed by atoms with Crippen LogP contribution in [0.15, 0.2) is 56.9 Å². The van der Waals surface area contributed by atoms with E-state index in [1.54, 1.807) is 16.7 Å². The van der Waals surface area contributed by atoms with Crippen molar-refractivity contribution >= 4 is 38.6 Å². The molecule has 3 nitrogen and oxygen atoms in total. The highest BCUT2D eigenvalue weighted by Crippen LogP contribution is 2.23. The molecule has 23 heavy (non-hydrogen) atoms. The van der Waals surface area contributed by atoms with Gasteiger partial charge in [-0.1, -0.05) is 39.8 Å². The second kappa shape index (κ2) is 6.84. The summed E-state index contributed by atoms with van der Waals surface area (Å²) in [6, 6.07) is 11.9. The second-order valence-electron chi connectivity index (χ2n) is 5.02. The van der Waals surface area contributed by atoms with E-state index in [0.29, 0.717) is 28.4 Å². The Labute approximate surface area is 145 Å². The van der Waals surface area contributed by atoms with Gasteiger partial charge in [-0.2, -0.15) is 0 Å². The minimum Gasteiger partial charge on any atom is -0.287 e. The minimum absolute atomic E-state index is 0.0551. The van der Waals surface area contributed by atoms with Crippen LogP contribution in [0.3, 0.4) is 0 Å². The van der Waals surface area contributed by atoms with Crippen LogP contribution in [-0.2, 0) is 12.3 Å². The molecule has 0 saturated carbocycles. The van der Waals surface area contributed by atoms with Crippen LogP contribution in [0, 0.1) is 5.82 Å². The van der Waals surface area contributed by atoms with E-state index in [0.717, 1.165) is 10.0 Å². The zero-order valence-electron chi connectivity index (χ0n) is 12.4. The lowest BCUT2D eigenvalue weighted by Gasteiger charge is -2.11. The van der Waals surface area contributed by atoms with Crippen molar-refractivity contribution in [2.45, 2.75) is 24.4 Å². The van der Waals surface area contributed by atoms with Crippen molar-refractivity contribution in [1.29, 1.82) is 0 Å². The molecule has 0 aliphatic carbocycles. The maximum Gasteiger partial charge on any atom is 0.262 e. The Kier molecular flexibility index (Phi) is 4.82.